The molecule has 0 atom stereocenters. The number of rotatable bonds is 4. The molecular weight excluding hydrogens is 433 g/mol. The number of halogens is 2. The summed E-state index contributed by atoms with van der Waals surface area (Å²) < 4.78 is 7.33. The fourth-order valence-corrected chi connectivity index (χ4v) is 2.60. The van der Waals surface area contributed by atoms with E-state index < -0.39 is 0 Å². The lowest BCUT2D eigenvalue weighted by Gasteiger charge is -2.12. The van der Waals surface area contributed by atoms with E-state index in [0.29, 0.717) is 17.9 Å². The van der Waals surface area contributed by atoms with E-state index in [2.05, 4.69) is 43.8 Å². The Morgan fingerprint density at radius 3 is 2.75 bits per heavy atom. The smallest absolute Gasteiger partial charge is 0.259 e. The summed E-state index contributed by atoms with van der Waals surface area (Å²) in [5.74, 6) is 0.401. The van der Waals surface area contributed by atoms with Crippen LogP contribution in [0.3, 0.4) is 0 Å². The molecule has 0 aromatic heterocycles. The highest BCUT2D eigenvalue weighted by atomic mass is 127. The molecule has 20 heavy (non-hydrogen) atoms. The Morgan fingerprint density at radius 2 is 2.05 bits per heavy atom. The van der Waals surface area contributed by atoms with Crippen molar-refractivity contribution in [2.24, 2.45) is 0 Å². The first-order valence-electron chi connectivity index (χ1n) is 6.10. The van der Waals surface area contributed by atoms with Gasteiger partial charge in [-0.1, -0.05) is 28.1 Å². The van der Waals surface area contributed by atoms with Crippen molar-refractivity contribution < 1.29 is 9.53 Å². The Hall–Kier alpha value is -1.08. The zero-order chi connectivity index (χ0) is 14.5. The van der Waals surface area contributed by atoms with Crippen LogP contribution in [0.5, 0.6) is 5.75 Å². The maximum absolute atomic E-state index is 12.4. The molecule has 0 unspecified atom stereocenters. The zero-order valence-electron chi connectivity index (χ0n) is 10.8. The van der Waals surface area contributed by atoms with Crippen molar-refractivity contribution in [3.05, 3.63) is 56.1 Å². The minimum Gasteiger partial charge on any atom is -0.493 e. The van der Waals surface area contributed by atoms with E-state index in [9.17, 15) is 4.79 Å². The maximum Gasteiger partial charge on any atom is 0.259 e. The van der Waals surface area contributed by atoms with Gasteiger partial charge in [0.2, 0.25) is 0 Å². The fourth-order valence-electron chi connectivity index (χ4n) is 1.71. The molecule has 1 amide bonds. The topological polar surface area (TPSA) is 38.3 Å². The van der Waals surface area contributed by atoms with Crippen LogP contribution < -0.4 is 10.1 Å². The zero-order valence-corrected chi connectivity index (χ0v) is 14.6. The molecule has 0 bridgehead atoms. The van der Waals surface area contributed by atoms with Crippen molar-refractivity contribution in [1.82, 2.24) is 0 Å². The molecule has 1 N–H and O–H groups in total. The summed E-state index contributed by atoms with van der Waals surface area (Å²) in [6.45, 7) is 2.41. The molecule has 2 aromatic carbocycles. The van der Waals surface area contributed by atoms with Crippen LogP contribution in [0.4, 0.5) is 5.69 Å². The largest absolute Gasteiger partial charge is 0.493 e. The van der Waals surface area contributed by atoms with Gasteiger partial charge in [0.1, 0.15) is 5.75 Å². The summed E-state index contributed by atoms with van der Waals surface area (Å²) >= 11 is 5.57. The molecule has 0 aliphatic heterocycles. The predicted octanol–water partition coefficient (Wildman–Crippen LogP) is 4.70. The van der Waals surface area contributed by atoms with Crippen LogP contribution in [-0.2, 0) is 0 Å². The second kappa shape index (κ2) is 7.08. The molecule has 0 aliphatic rings. The highest BCUT2D eigenvalue weighted by Crippen LogP contribution is 2.25. The molecule has 104 valence electrons. The third kappa shape index (κ3) is 3.73. The van der Waals surface area contributed by atoms with Crippen LogP contribution in [0, 0.1) is 3.57 Å². The third-order valence-corrected chi connectivity index (χ3v) is 4.04. The number of hydrogen-bond donors (Lipinski definition) is 1. The van der Waals surface area contributed by atoms with Crippen LogP contribution in [0.15, 0.2) is 46.9 Å². The third-order valence-electron chi connectivity index (χ3n) is 2.61. The second-order valence-corrected chi connectivity index (χ2v) is 6.09. The van der Waals surface area contributed by atoms with Crippen LogP contribution >= 0.6 is 38.5 Å². The molecular formula is C15H13BrINO2. The molecule has 0 aliphatic carbocycles. The predicted molar refractivity (Wildman–Crippen MR) is 92.4 cm³/mol. The van der Waals surface area contributed by atoms with E-state index in [1.807, 2.05) is 37.3 Å². The minimum absolute atomic E-state index is 0.182. The number of ether oxygens (including phenoxy) is 1. The number of benzene rings is 2. The summed E-state index contributed by atoms with van der Waals surface area (Å²) in [6, 6.07) is 13.0. The Labute approximate surface area is 140 Å². The Bertz CT molecular complexity index is 631. The number of hydrogen-bond acceptors (Lipinski definition) is 2. The van der Waals surface area contributed by atoms with Gasteiger partial charge in [-0.3, -0.25) is 4.79 Å². The molecule has 0 saturated heterocycles. The number of carbonyl (C=O) groups is 1. The molecule has 0 saturated carbocycles. The first kappa shape index (κ1) is 15.3. The van der Waals surface area contributed by atoms with Gasteiger partial charge in [-0.2, -0.15) is 0 Å². The highest BCUT2D eigenvalue weighted by molar-refractivity contribution is 14.1. The van der Waals surface area contributed by atoms with Crippen molar-refractivity contribution in [2.75, 3.05) is 11.9 Å². The summed E-state index contributed by atoms with van der Waals surface area (Å²) in [7, 11) is 0. The highest BCUT2D eigenvalue weighted by Gasteiger charge is 2.14. The van der Waals surface area contributed by atoms with Crippen molar-refractivity contribution >= 4 is 50.1 Å². The Kier molecular flexibility index (Phi) is 5.42. The van der Waals surface area contributed by atoms with Crippen molar-refractivity contribution in [1.29, 1.82) is 0 Å². The van der Waals surface area contributed by atoms with Gasteiger partial charge in [0.15, 0.2) is 0 Å². The molecule has 0 fully saturated rings. The van der Waals surface area contributed by atoms with Gasteiger partial charge in [0, 0.05) is 8.04 Å². The molecule has 0 spiro atoms. The SMILES string of the molecule is CCOc1ccc(Br)cc1C(=O)Nc1ccccc1I. The van der Waals surface area contributed by atoms with E-state index in [4.69, 9.17) is 4.74 Å². The van der Waals surface area contributed by atoms with E-state index in [-0.39, 0.29) is 5.91 Å². The van der Waals surface area contributed by atoms with E-state index in [1.54, 1.807) is 12.1 Å². The molecule has 5 heteroatoms. The van der Waals surface area contributed by atoms with Gasteiger partial charge in [-0.25, -0.2) is 0 Å². The first-order valence-corrected chi connectivity index (χ1v) is 7.97. The molecule has 2 rings (SSSR count). The normalized spacial score (nSPS) is 10.2. The average molecular weight is 446 g/mol. The Balaban J connectivity index is 2.29. The number of amides is 1. The van der Waals surface area contributed by atoms with Gasteiger partial charge in [-0.15, -0.1) is 0 Å². The summed E-state index contributed by atoms with van der Waals surface area (Å²) in [5, 5.41) is 2.91. The van der Waals surface area contributed by atoms with Crippen LogP contribution in [0.1, 0.15) is 17.3 Å². The lowest BCUT2D eigenvalue weighted by Crippen LogP contribution is -2.14. The van der Waals surface area contributed by atoms with E-state index in [0.717, 1.165) is 13.7 Å². The second-order valence-electron chi connectivity index (χ2n) is 4.01. The molecule has 2 aromatic rings. The van der Waals surface area contributed by atoms with Gasteiger partial charge in [0.25, 0.3) is 5.91 Å². The van der Waals surface area contributed by atoms with Crippen molar-refractivity contribution in [3.63, 3.8) is 0 Å². The number of anilines is 1. The van der Waals surface area contributed by atoms with Crippen molar-refractivity contribution in [3.8, 4) is 5.75 Å². The standard InChI is InChI=1S/C15H13BrINO2/c1-2-20-14-8-7-10(16)9-11(14)15(19)18-13-6-4-3-5-12(13)17/h3-9H,2H2,1H3,(H,18,19). The summed E-state index contributed by atoms with van der Waals surface area (Å²) in [5.41, 5.74) is 1.31. The van der Waals surface area contributed by atoms with E-state index in [1.165, 1.54) is 0 Å². The lowest BCUT2D eigenvalue weighted by atomic mass is 10.2. The summed E-state index contributed by atoms with van der Waals surface area (Å²) in [4.78, 5) is 12.4. The Morgan fingerprint density at radius 1 is 1.30 bits per heavy atom. The number of nitrogens with one attached hydrogen (secondary N) is 1. The van der Waals surface area contributed by atoms with Gasteiger partial charge >= 0.3 is 0 Å². The number of para-hydroxylation sites is 1. The van der Waals surface area contributed by atoms with Gasteiger partial charge in [-0.05, 0) is 59.8 Å². The van der Waals surface area contributed by atoms with Crippen LogP contribution in [0.2, 0.25) is 0 Å². The monoisotopic (exact) mass is 445 g/mol. The maximum atomic E-state index is 12.4. The molecule has 3 nitrogen and oxygen atoms in total. The van der Waals surface area contributed by atoms with Gasteiger partial charge < -0.3 is 10.1 Å². The molecule has 0 heterocycles. The van der Waals surface area contributed by atoms with Crippen LogP contribution in [0.25, 0.3) is 0 Å². The quantitative estimate of drug-likeness (QED) is 0.692. The number of carbonyl (C=O) groups excluding carboxylic acids is 1. The molecule has 0 radical (unpaired) electrons. The minimum atomic E-state index is -0.182. The van der Waals surface area contributed by atoms with Crippen molar-refractivity contribution in [2.45, 2.75) is 6.92 Å². The lowest BCUT2D eigenvalue weighted by molar-refractivity contribution is 0.102. The fraction of sp³-hybridized carbons (Fsp3) is 0.133. The van der Waals surface area contributed by atoms with Gasteiger partial charge in [0.05, 0.1) is 17.9 Å². The van der Waals surface area contributed by atoms with Crippen LogP contribution in [-0.4, -0.2) is 12.5 Å². The van der Waals surface area contributed by atoms with E-state index >= 15 is 0 Å². The first-order chi connectivity index (χ1) is 9.61. The summed E-state index contributed by atoms with van der Waals surface area (Å²) in [6.07, 6.45) is 0. The average Bonchev–Trinajstić information content (AvgIpc) is 2.43.